The number of rotatable bonds is 3. The Morgan fingerprint density at radius 1 is 1.43 bits per heavy atom. The highest BCUT2D eigenvalue weighted by molar-refractivity contribution is 5.79. The number of hydrogen-bond donors (Lipinski definition) is 1. The van der Waals surface area contributed by atoms with Gasteiger partial charge >= 0.3 is 0 Å². The lowest BCUT2D eigenvalue weighted by atomic mass is 10.1. The maximum Gasteiger partial charge on any atom is 0.252 e. The van der Waals surface area contributed by atoms with E-state index in [0.717, 1.165) is 29.4 Å². The van der Waals surface area contributed by atoms with Gasteiger partial charge in [0.1, 0.15) is 5.65 Å². The molecule has 1 saturated carbocycles. The summed E-state index contributed by atoms with van der Waals surface area (Å²) in [5, 5.41) is 4.05. The highest BCUT2D eigenvalue weighted by Crippen LogP contribution is 2.30. The van der Waals surface area contributed by atoms with Crippen LogP contribution in [-0.4, -0.2) is 20.6 Å². The molecule has 1 radical (unpaired) electrons. The highest BCUT2D eigenvalue weighted by atomic mass is 16.1. The van der Waals surface area contributed by atoms with Gasteiger partial charge in [0, 0.05) is 29.7 Å². The molecule has 0 amide bonds. The number of aromatic nitrogens is 3. The second-order valence-corrected chi connectivity index (χ2v) is 5.95. The molecule has 0 saturated heterocycles. The van der Waals surface area contributed by atoms with E-state index in [2.05, 4.69) is 22.2 Å². The van der Waals surface area contributed by atoms with E-state index in [-0.39, 0.29) is 17.6 Å². The molecule has 0 aliphatic heterocycles. The normalized spacial score (nSPS) is 16.0. The number of nitrogens with zero attached hydrogens (tertiary/aromatic N) is 3. The number of anilines is 1. The van der Waals surface area contributed by atoms with E-state index in [4.69, 9.17) is 0 Å². The fourth-order valence-electron chi connectivity index (χ4n) is 3.08. The van der Waals surface area contributed by atoms with Crippen molar-refractivity contribution in [2.75, 3.05) is 5.32 Å². The third-order valence-corrected chi connectivity index (χ3v) is 4.06. The van der Waals surface area contributed by atoms with Crippen molar-refractivity contribution in [3.05, 3.63) is 35.1 Å². The van der Waals surface area contributed by atoms with E-state index in [9.17, 15) is 4.79 Å². The molecule has 0 aromatic carbocycles. The van der Waals surface area contributed by atoms with Crippen molar-refractivity contribution in [2.45, 2.75) is 51.6 Å². The number of nitrogens with one attached hydrogen (secondary N) is 1. The molecule has 2 heterocycles. The van der Waals surface area contributed by atoms with Crippen molar-refractivity contribution in [3.63, 3.8) is 0 Å². The Labute approximate surface area is 124 Å². The topological polar surface area (TPSA) is 59.8 Å². The lowest BCUT2D eigenvalue weighted by molar-refractivity contribution is 0.515. The zero-order valence-electron chi connectivity index (χ0n) is 12.6. The van der Waals surface area contributed by atoms with E-state index < -0.39 is 0 Å². The van der Waals surface area contributed by atoms with Crippen LogP contribution in [0.3, 0.4) is 0 Å². The van der Waals surface area contributed by atoms with E-state index >= 15 is 0 Å². The molecule has 1 aliphatic rings. The van der Waals surface area contributed by atoms with Gasteiger partial charge in [-0.15, -0.1) is 0 Å². The molecule has 111 valence electrons. The van der Waals surface area contributed by atoms with Gasteiger partial charge in [0.2, 0.25) is 5.95 Å². The van der Waals surface area contributed by atoms with Gasteiger partial charge in [-0.05, 0) is 39.2 Å². The third kappa shape index (κ3) is 2.64. The molecule has 1 unspecified atom stereocenters. The summed E-state index contributed by atoms with van der Waals surface area (Å²) in [5.74, 6) is 0.529. The molecular weight excluding hydrogens is 264 g/mol. The minimum Gasteiger partial charge on any atom is -0.352 e. The van der Waals surface area contributed by atoms with E-state index in [1.54, 1.807) is 12.3 Å². The van der Waals surface area contributed by atoms with E-state index in [1.165, 1.54) is 12.8 Å². The van der Waals surface area contributed by atoms with Crippen LogP contribution in [0, 0.1) is 13.8 Å². The summed E-state index contributed by atoms with van der Waals surface area (Å²) in [5.41, 5.74) is 1.71. The summed E-state index contributed by atoms with van der Waals surface area (Å²) in [7, 11) is 0. The van der Waals surface area contributed by atoms with Gasteiger partial charge in [0.15, 0.2) is 0 Å². The second-order valence-electron chi connectivity index (χ2n) is 5.95. The smallest absolute Gasteiger partial charge is 0.252 e. The zero-order chi connectivity index (χ0) is 15.0. The fourth-order valence-corrected chi connectivity index (χ4v) is 3.08. The van der Waals surface area contributed by atoms with Crippen molar-refractivity contribution in [2.24, 2.45) is 0 Å². The Hall–Kier alpha value is -1.91. The Kier molecular flexibility index (Phi) is 3.66. The van der Waals surface area contributed by atoms with Crippen molar-refractivity contribution < 1.29 is 0 Å². The maximum absolute atomic E-state index is 12.4. The van der Waals surface area contributed by atoms with Crippen LogP contribution in [0.4, 0.5) is 5.95 Å². The standard InChI is InChI=1S/C16H21N4O/c1-10(2)18-16-17-9-13-11(3)8-14(21)20(15(13)19-16)12-6-4-5-7-12/h8-10,12H,1,4-7H2,2-3H3,(H,17,18,19). The summed E-state index contributed by atoms with van der Waals surface area (Å²) in [6.45, 7) is 7.76. The number of aryl methyl sites for hydroxylation is 1. The molecule has 1 atom stereocenters. The molecule has 2 aromatic rings. The molecule has 1 fully saturated rings. The van der Waals surface area contributed by atoms with E-state index in [0.29, 0.717) is 5.95 Å². The first-order valence-corrected chi connectivity index (χ1v) is 7.55. The summed E-state index contributed by atoms with van der Waals surface area (Å²) in [6.07, 6.45) is 6.26. The van der Waals surface area contributed by atoms with Crippen LogP contribution in [0.5, 0.6) is 0 Å². The van der Waals surface area contributed by atoms with Gasteiger partial charge < -0.3 is 5.32 Å². The molecule has 5 heteroatoms. The lowest BCUT2D eigenvalue weighted by Crippen LogP contribution is -2.25. The Morgan fingerprint density at radius 3 is 2.81 bits per heavy atom. The van der Waals surface area contributed by atoms with Crippen LogP contribution >= 0.6 is 0 Å². The van der Waals surface area contributed by atoms with Crippen molar-refractivity contribution in [1.82, 2.24) is 14.5 Å². The number of hydrogen-bond acceptors (Lipinski definition) is 4. The van der Waals surface area contributed by atoms with Gasteiger partial charge in [-0.25, -0.2) is 4.98 Å². The van der Waals surface area contributed by atoms with Crippen LogP contribution in [0.1, 0.15) is 44.2 Å². The highest BCUT2D eigenvalue weighted by Gasteiger charge is 2.21. The minimum atomic E-state index is 0.0129. The van der Waals surface area contributed by atoms with Gasteiger partial charge in [-0.3, -0.25) is 9.36 Å². The molecule has 1 aliphatic carbocycles. The van der Waals surface area contributed by atoms with Crippen LogP contribution in [0.25, 0.3) is 11.0 Å². The zero-order valence-corrected chi connectivity index (χ0v) is 12.6. The number of fused-ring (bicyclic) bond motifs is 1. The predicted molar refractivity (Wildman–Crippen MR) is 84.5 cm³/mol. The van der Waals surface area contributed by atoms with Gasteiger partial charge in [-0.2, -0.15) is 4.98 Å². The number of pyridine rings is 1. The quantitative estimate of drug-likeness (QED) is 0.942. The van der Waals surface area contributed by atoms with Gasteiger partial charge in [0.05, 0.1) is 0 Å². The third-order valence-electron chi connectivity index (χ3n) is 4.06. The van der Waals surface area contributed by atoms with Crippen LogP contribution in [0.2, 0.25) is 0 Å². The molecule has 3 rings (SSSR count). The first-order chi connectivity index (χ1) is 10.1. The van der Waals surface area contributed by atoms with Crippen LogP contribution in [0.15, 0.2) is 17.1 Å². The molecule has 0 bridgehead atoms. The van der Waals surface area contributed by atoms with Crippen LogP contribution in [-0.2, 0) is 0 Å². The summed E-state index contributed by atoms with van der Waals surface area (Å²) < 4.78 is 1.86. The average Bonchev–Trinajstić information content (AvgIpc) is 2.91. The average molecular weight is 285 g/mol. The van der Waals surface area contributed by atoms with Crippen molar-refractivity contribution in [3.8, 4) is 0 Å². The second kappa shape index (κ2) is 5.47. The summed E-state index contributed by atoms with van der Waals surface area (Å²) in [6, 6.07) is 1.97. The summed E-state index contributed by atoms with van der Waals surface area (Å²) in [4.78, 5) is 21.4. The maximum atomic E-state index is 12.4. The molecule has 5 nitrogen and oxygen atoms in total. The first-order valence-electron chi connectivity index (χ1n) is 7.55. The Bertz CT molecular complexity index is 714. The van der Waals surface area contributed by atoms with Crippen molar-refractivity contribution >= 4 is 17.0 Å². The molecule has 1 N–H and O–H groups in total. The molecular formula is C16H21N4O. The first kappa shape index (κ1) is 14.0. The largest absolute Gasteiger partial charge is 0.352 e. The predicted octanol–water partition coefficient (Wildman–Crippen LogP) is 2.85. The molecule has 0 spiro atoms. The lowest BCUT2D eigenvalue weighted by Gasteiger charge is -2.18. The molecule has 2 aromatic heterocycles. The van der Waals surface area contributed by atoms with Gasteiger partial charge in [0.25, 0.3) is 5.56 Å². The molecule has 21 heavy (non-hydrogen) atoms. The Morgan fingerprint density at radius 2 is 2.14 bits per heavy atom. The summed E-state index contributed by atoms with van der Waals surface area (Å²) >= 11 is 0. The van der Waals surface area contributed by atoms with Crippen LogP contribution < -0.4 is 10.9 Å². The Balaban J connectivity index is 2.20. The monoisotopic (exact) mass is 285 g/mol. The van der Waals surface area contributed by atoms with E-state index in [1.807, 2.05) is 18.4 Å². The minimum absolute atomic E-state index is 0.0129. The SMILES string of the molecule is [CH2]C(C)Nc1ncc2c(C)cc(=O)n(C3CCCC3)c2n1. The van der Waals surface area contributed by atoms with Crippen molar-refractivity contribution in [1.29, 1.82) is 0 Å². The fraction of sp³-hybridized carbons (Fsp3) is 0.500. The van der Waals surface area contributed by atoms with Gasteiger partial charge in [-0.1, -0.05) is 12.8 Å².